The van der Waals surface area contributed by atoms with Crippen molar-refractivity contribution in [3.63, 3.8) is 0 Å². The van der Waals surface area contributed by atoms with Gasteiger partial charge in [0.2, 0.25) is 0 Å². The zero-order chi connectivity index (χ0) is 8.55. The van der Waals surface area contributed by atoms with Gasteiger partial charge in [-0.05, 0) is 12.1 Å². The van der Waals surface area contributed by atoms with Gasteiger partial charge >= 0.3 is 18.9 Å². The van der Waals surface area contributed by atoms with Crippen LogP contribution in [0.1, 0.15) is 10.6 Å². The number of nitrogens with one attached hydrogen (secondary N) is 1. The van der Waals surface area contributed by atoms with Crippen LogP contribution in [-0.2, 0) is 0 Å². The number of fused-ring (bicyclic) bond motifs is 1. The minimum absolute atomic E-state index is 0. The number of carbonyl (C=O) groups is 1. The Balaban J connectivity index is 0.000000845. The van der Waals surface area contributed by atoms with Gasteiger partial charge in [-0.3, -0.25) is 0 Å². The molecule has 0 bridgehead atoms. The summed E-state index contributed by atoms with van der Waals surface area (Å²) in [5, 5.41) is 10.4. The van der Waals surface area contributed by atoms with E-state index < -0.39 is 5.97 Å². The predicted octanol–water partition coefficient (Wildman–Crippen LogP) is -3.07. The average Bonchev–Trinajstić information content (AvgIpc) is 2.46. The Morgan fingerprint density at radius 2 is 2.08 bits per heavy atom. The fourth-order valence-corrected chi connectivity index (χ4v) is 1.05. The van der Waals surface area contributed by atoms with Crippen LogP contribution >= 0.6 is 0 Å². The minimum atomic E-state index is -1.29. The van der Waals surface area contributed by atoms with E-state index in [1.165, 1.54) is 0 Å². The summed E-state index contributed by atoms with van der Waals surface area (Å²) in [5.41, 5.74) is 1.34. The number of imidazole rings is 1. The Labute approximate surface area is 86.2 Å². The average molecular weight is 168 g/mol. The molecular weight excluding hydrogens is 163 g/mol. The summed E-state index contributed by atoms with van der Waals surface area (Å²) in [5.74, 6) is -1.41. The van der Waals surface area contributed by atoms with Crippen LogP contribution in [0.25, 0.3) is 11.0 Å². The van der Waals surface area contributed by atoms with Gasteiger partial charge in [0, 0.05) is 0 Å². The summed E-state index contributed by atoms with van der Waals surface area (Å²) in [4.78, 5) is 16.8. The number of H-pyrrole nitrogens is 1. The van der Waals surface area contributed by atoms with Crippen LogP contribution in [0.4, 0.5) is 0 Å². The Hall–Kier alpha value is -1.24. The number of hydrogen-bond acceptors (Lipinski definition) is 3. The van der Waals surface area contributed by atoms with Crippen molar-refractivity contribution in [3.05, 3.63) is 30.1 Å². The van der Waals surface area contributed by atoms with E-state index in [1.54, 1.807) is 24.3 Å². The summed E-state index contributed by atoms with van der Waals surface area (Å²) < 4.78 is 0. The topological polar surface area (TPSA) is 68.8 Å². The molecule has 0 aliphatic carbocycles. The molecule has 0 amide bonds. The van der Waals surface area contributed by atoms with Crippen molar-refractivity contribution in [2.75, 3.05) is 0 Å². The predicted molar refractivity (Wildman–Crippen MR) is 40.4 cm³/mol. The molecule has 1 N–H and O–H groups in total. The molecule has 1 aromatic carbocycles. The number of aromatic nitrogens is 2. The summed E-state index contributed by atoms with van der Waals surface area (Å²) >= 11 is 0. The van der Waals surface area contributed by atoms with Crippen LogP contribution in [0, 0.1) is 0 Å². The Morgan fingerprint density at radius 1 is 1.38 bits per heavy atom. The van der Waals surface area contributed by atoms with E-state index in [9.17, 15) is 9.90 Å². The molecule has 1 aromatic heterocycles. The fraction of sp³-hybridized carbons (Fsp3) is 0. The van der Waals surface area contributed by atoms with Crippen molar-refractivity contribution in [1.29, 1.82) is 0 Å². The SMILES string of the molecule is O=C([O-])c1nc2ccccc2[nH]1.[Li+]. The number of carbonyl (C=O) groups excluding carboxylic acids is 1. The van der Waals surface area contributed by atoms with Gasteiger partial charge < -0.3 is 14.9 Å². The first-order valence-electron chi connectivity index (χ1n) is 3.43. The Morgan fingerprint density at radius 3 is 2.69 bits per heavy atom. The Bertz CT molecular complexity index is 405. The zero-order valence-electron chi connectivity index (χ0n) is 7.07. The molecule has 13 heavy (non-hydrogen) atoms. The molecule has 0 aliphatic rings. The van der Waals surface area contributed by atoms with E-state index in [1.807, 2.05) is 0 Å². The number of aromatic carboxylic acids is 1. The molecular formula is C8H5LiN2O2. The third-order valence-electron chi connectivity index (χ3n) is 1.58. The van der Waals surface area contributed by atoms with Crippen molar-refractivity contribution >= 4 is 17.0 Å². The number of nitrogens with zero attached hydrogens (tertiary/aromatic N) is 1. The van der Waals surface area contributed by atoms with E-state index >= 15 is 0 Å². The molecule has 2 aromatic rings. The fourth-order valence-electron chi connectivity index (χ4n) is 1.05. The molecule has 60 valence electrons. The minimum Gasteiger partial charge on any atom is -0.542 e. The van der Waals surface area contributed by atoms with Gasteiger partial charge in [0.15, 0.2) is 5.82 Å². The maximum absolute atomic E-state index is 10.4. The van der Waals surface area contributed by atoms with Crippen LogP contribution in [-0.4, -0.2) is 15.9 Å². The smallest absolute Gasteiger partial charge is 0.542 e. The number of para-hydroxylation sites is 2. The van der Waals surface area contributed by atoms with Crippen LogP contribution < -0.4 is 24.0 Å². The molecule has 0 spiro atoms. The van der Waals surface area contributed by atoms with Crippen LogP contribution in [0.2, 0.25) is 0 Å². The van der Waals surface area contributed by atoms with Crippen molar-refractivity contribution in [2.45, 2.75) is 0 Å². The number of benzene rings is 1. The summed E-state index contributed by atoms with van der Waals surface area (Å²) in [7, 11) is 0. The first-order chi connectivity index (χ1) is 5.77. The van der Waals surface area contributed by atoms with Crippen molar-refractivity contribution in [3.8, 4) is 0 Å². The molecule has 0 saturated heterocycles. The maximum Gasteiger partial charge on any atom is 1.00 e. The second kappa shape index (κ2) is 3.65. The van der Waals surface area contributed by atoms with E-state index in [-0.39, 0.29) is 24.7 Å². The number of hydrogen-bond donors (Lipinski definition) is 1. The van der Waals surface area contributed by atoms with Gasteiger partial charge in [0.25, 0.3) is 0 Å². The molecule has 0 unspecified atom stereocenters. The third-order valence-corrected chi connectivity index (χ3v) is 1.58. The molecule has 0 fully saturated rings. The van der Waals surface area contributed by atoms with Crippen molar-refractivity contribution in [2.24, 2.45) is 0 Å². The van der Waals surface area contributed by atoms with E-state index in [0.29, 0.717) is 11.0 Å². The van der Waals surface area contributed by atoms with Gasteiger partial charge in [0.1, 0.15) is 5.97 Å². The quantitative estimate of drug-likeness (QED) is 0.459. The molecule has 2 rings (SSSR count). The number of rotatable bonds is 1. The van der Waals surface area contributed by atoms with Crippen LogP contribution in [0.5, 0.6) is 0 Å². The second-order valence-corrected chi connectivity index (χ2v) is 2.39. The number of aromatic amines is 1. The second-order valence-electron chi connectivity index (χ2n) is 2.39. The van der Waals surface area contributed by atoms with Gasteiger partial charge in [-0.2, -0.15) is 0 Å². The molecule has 0 atom stereocenters. The van der Waals surface area contributed by atoms with Gasteiger partial charge in [-0.25, -0.2) is 4.98 Å². The standard InChI is InChI=1S/C8H6N2O2.Li/c11-8(12)7-9-5-3-1-2-4-6(5)10-7;/h1-4H,(H,9,10)(H,11,12);/q;+1/p-1. The molecule has 5 heteroatoms. The van der Waals surface area contributed by atoms with Crippen molar-refractivity contribution < 1.29 is 28.8 Å². The molecule has 0 radical (unpaired) electrons. The third kappa shape index (κ3) is 1.74. The summed E-state index contributed by atoms with van der Waals surface area (Å²) in [6.45, 7) is 0. The molecule has 4 nitrogen and oxygen atoms in total. The number of carboxylic acid groups (broad SMARTS) is 1. The monoisotopic (exact) mass is 168 g/mol. The Kier molecular flexibility index (Phi) is 2.76. The zero-order valence-corrected chi connectivity index (χ0v) is 7.07. The summed E-state index contributed by atoms with van der Waals surface area (Å²) in [6, 6.07) is 7.09. The molecule has 1 heterocycles. The van der Waals surface area contributed by atoms with Crippen LogP contribution in [0.3, 0.4) is 0 Å². The van der Waals surface area contributed by atoms with E-state index in [4.69, 9.17) is 0 Å². The number of carboxylic acids is 1. The summed E-state index contributed by atoms with van der Waals surface area (Å²) in [6.07, 6.45) is 0. The van der Waals surface area contributed by atoms with E-state index in [2.05, 4.69) is 9.97 Å². The van der Waals surface area contributed by atoms with Gasteiger partial charge in [-0.15, -0.1) is 0 Å². The normalized spacial score (nSPS) is 9.54. The van der Waals surface area contributed by atoms with E-state index in [0.717, 1.165) is 0 Å². The maximum atomic E-state index is 10.4. The van der Waals surface area contributed by atoms with Gasteiger partial charge in [-0.1, -0.05) is 12.1 Å². The van der Waals surface area contributed by atoms with Crippen LogP contribution in [0.15, 0.2) is 24.3 Å². The molecule has 0 aliphatic heterocycles. The first kappa shape index (κ1) is 9.84. The van der Waals surface area contributed by atoms with Gasteiger partial charge in [0.05, 0.1) is 11.0 Å². The van der Waals surface area contributed by atoms with Crippen molar-refractivity contribution in [1.82, 2.24) is 9.97 Å². The largest absolute Gasteiger partial charge is 1.00 e. The molecule has 0 saturated carbocycles. The first-order valence-corrected chi connectivity index (χ1v) is 3.43.